The predicted octanol–water partition coefficient (Wildman–Crippen LogP) is 5.13. The van der Waals surface area contributed by atoms with E-state index in [9.17, 15) is 14.3 Å². The van der Waals surface area contributed by atoms with Crippen LogP contribution in [0.25, 0.3) is 22.3 Å². The fourth-order valence-corrected chi connectivity index (χ4v) is 2.72. The van der Waals surface area contributed by atoms with E-state index in [-0.39, 0.29) is 17.3 Å². The van der Waals surface area contributed by atoms with Crippen LogP contribution in [0.3, 0.4) is 0 Å². The van der Waals surface area contributed by atoms with Crippen molar-refractivity contribution in [2.24, 2.45) is 0 Å². The number of para-hydroxylation sites is 1. The SMILES string of the molecule is CC(=O)Nc1ccc(-c2cccc(-c3ccc(C)cc3)c2O)cc1F. The Hall–Kier alpha value is -3.14. The molecule has 3 nitrogen and oxygen atoms in total. The molecule has 25 heavy (non-hydrogen) atoms. The lowest BCUT2D eigenvalue weighted by Gasteiger charge is -2.12. The number of phenolic OH excluding ortho intramolecular Hbond substituents is 1. The first-order valence-electron chi connectivity index (χ1n) is 7.92. The number of hydrogen-bond acceptors (Lipinski definition) is 2. The molecule has 2 N–H and O–H groups in total. The number of phenols is 1. The molecule has 0 unspecified atom stereocenters. The van der Waals surface area contributed by atoms with Crippen LogP contribution in [0.1, 0.15) is 12.5 Å². The van der Waals surface area contributed by atoms with E-state index < -0.39 is 5.82 Å². The average Bonchev–Trinajstić information content (AvgIpc) is 2.58. The molecule has 1 amide bonds. The molecule has 0 bridgehead atoms. The van der Waals surface area contributed by atoms with E-state index >= 15 is 0 Å². The molecule has 3 rings (SSSR count). The highest BCUT2D eigenvalue weighted by Crippen LogP contribution is 2.38. The number of aryl methyl sites for hydroxylation is 1. The second-order valence-corrected chi connectivity index (χ2v) is 5.94. The first-order valence-corrected chi connectivity index (χ1v) is 7.92. The normalized spacial score (nSPS) is 10.5. The van der Waals surface area contributed by atoms with Gasteiger partial charge in [-0.3, -0.25) is 4.79 Å². The van der Waals surface area contributed by atoms with Gasteiger partial charge in [0, 0.05) is 18.1 Å². The van der Waals surface area contributed by atoms with Crippen LogP contribution in [0, 0.1) is 12.7 Å². The van der Waals surface area contributed by atoms with Gasteiger partial charge in [0.15, 0.2) is 0 Å². The maximum atomic E-state index is 14.2. The zero-order valence-electron chi connectivity index (χ0n) is 14.0. The van der Waals surface area contributed by atoms with Crippen molar-refractivity contribution in [3.8, 4) is 28.0 Å². The van der Waals surface area contributed by atoms with Gasteiger partial charge in [-0.05, 0) is 30.2 Å². The van der Waals surface area contributed by atoms with Gasteiger partial charge in [-0.1, -0.05) is 54.1 Å². The predicted molar refractivity (Wildman–Crippen MR) is 98.0 cm³/mol. The van der Waals surface area contributed by atoms with Crippen LogP contribution in [0.4, 0.5) is 10.1 Å². The van der Waals surface area contributed by atoms with E-state index in [0.29, 0.717) is 16.7 Å². The molecule has 0 spiro atoms. The minimum absolute atomic E-state index is 0.0954. The summed E-state index contributed by atoms with van der Waals surface area (Å²) in [4.78, 5) is 11.1. The van der Waals surface area contributed by atoms with Crippen molar-refractivity contribution < 1.29 is 14.3 Å². The zero-order valence-corrected chi connectivity index (χ0v) is 14.0. The van der Waals surface area contributed by atoms with Gasteiger partial charge in [0.25, 0.3) is 0 Å². The first kappa shape index (κ1) is 16.7. The Labute approximate surface area is 145 Å². The lowest BCUT2D eigenvalue weighted by Crippen LogP contribution is -2.07. The second kappa shape index (κ2) is 6.77. The van der Waals surface area contributed by atoms with Crippen molar-refractivity contribution >= 4 is 11.6 Å². The van der Waals surface area contributed by atoms with Crippen LogP contribution in [-0.2, 0) is 4.79 Å². The summed E-state index contributed by atoms with van der Waals surface area (Å²) in [5.41, 5.74) is 3.90. The molecule has 0 saturated carbocycles. The third kappa shape index (κ3) is 3.53. The molecule has 126 valence electrons. The molecule has 0 radical (unpaired) electrons. The molecular formula is C21H18FNO2. The number of carbonyl (C=O) groups is 1. The molecule has 3 aromatic rings. The van der Waals surface area contributed by atoms with Crippen molar-refractivity contribution in [3.63, 3.8) is 0 Å². The summed E-state index contributed by atoms with van der Waals surface area (Å²) in [5, 5.41) is 13.1. The lowest BCUT2D eigenvalue weighted by atomic mass is 9.96. The van der Waals surface area contributed by atoms with E-state index in [0.717, 1.165) is 11.1 Å². The van der Waals surface area contributed by atoms with Crippen molar-refractivity contribution in [2.45, 2.75) is 13.8 Å². The Balaban J connectivity index is 2.04. The van der Waals surface area contributed by atoms with Gasteiger partial charge >= 0.3 is 0 Å². The fourth-order valence-electron chi connectivity index (χ4n) is 2.72. The summed E-state index contributed by atoms with van der Waals surface area (Å²) < 4.78 is 14.2. The number of amides is 1. The molecule has 0 heterocycles. The van der Waals surface area contributed by atoms with Crippen LogP contribution in [-0.4, -0.2) is 11.0 Å². The Morgan fingerprint density at radius 3 is 2.16 bits per heavy atom. The van der Waals surface area contributed by atoms with Crippen LogP contribution in [0.15, 0.2) is 60.7 Å². The van der Waals surface area contributed by atoms with Crippen molar-refractivity contribution in [2.75, 3.05) is 5.32 Å². The molecule has 3 aromatic carbocycles. The Kier molecular flexibility index (Phi) is 4.52. The number of benzene rings is 3. The lowest BCUT2D eigenvalue weighted by molar-refractivity contribution is -0.114. The molecule has 0 aliphatic heterocycles. The van der Waals surface area contributed by atoms with Gasteiger partial charge < -0.3 is 10.4 Å². The summed E-state index contributed by atoms with van der Waals surface area (Å²) in [6.45, 7) is 3.32. The number of anilines is 1. The molecule has 4 heteroatoms. The molecular weight excluding hydrogens is 317 g/mol. The van der Waals surface area contributed by atoms with E-state index in [1.807, 2.05) is 43.3 Å². The number of rotatable bonds is 3. The molecule has 0 atom stereocenters. The Morgan fingerprint density at radius 2 is 1.56 bits per heavy atom. The monoisotopic (exact) mass is 335 g/mol. The van der Waals surface area contributed by atoms with Crippen LogP contribution < -0.4 is 5.32 Å². The third-order valence-electron chi connectivity index (χ3n) is 3.99. The maximum Gasteiger partial charge on any atom is 0.221 e. The summed E-state index contributed by atoms with van der Waals surface area (Å²) in [5.74, 6) is -0.790. The number of carbonyl (C=O) groups excluding carboxylic acids is 1. The minimum Gasteiger partial charge on any atom is -0.507 e. The van der Waals surface area contributed by atoms with Gasteiger partial charge in [0.05, 0.1) is 5.69 Å². The number of hydrogen-bond donors (Lipinski definition) is 2. The van der Waals surface area contributed by atoms with Crippen LogP contribution >= 0.6 is 0 Å². The quantitative estimate of drug-likeness (QED) is 0.697. The molecule has 0 aliphatic carbocycles. The van der Waals surface area contributed by atoms with E-state index in [1.54, 1.807) is 12.1 Å². The van der Waals surface area contributed by atoms with E-state index in [1.165, 1.54) is 19.1 Å². The largest absolute Gasteiger partial charge is 0.507 e. The molecule has 0 saturated heterocycles. The molecule has 0 aromatic heterocycles. The zero-order chi connectivity index (χ0) is 18.0. The Morgan fingerprint density at radius 1 is 0.960 bits per heavy atom. The standard InChI is InChI=1S/C21H18FNO2/c1-13-6-8-15(9-7-13)17-4-3-5-18(21(17)25)16-10-11-20(19(22)12-16)23-14(2)24/h3-12,25H,1-2H3,(H,23,24). The van der Waals surface area contributed by atoms with Gasteiger partial charge in [-0.15, -0.1) is 0 Å². The van der Waals surface area contributed by atoms with Gasteiger partial charge in [-0.2, -0.15) is 0 Å². The highest BCUT2D eigenvalue weighted by atomic mass is 19.1. The van der Waals surface area contributed by atoms with Crippen LogP contribution in [0.5, 0.6) is 5.75 Å². The van der Waals surface area contributed by atoms with Crippen LogP contribution in [0.2, 0.25) is 0 Å². The maximum absolute atomic E-state index is 14.2. The first-order chi connectivity index (χ1) is 12.0. The smallest absolute Gasteiger partial charge is 0.221 e. The number of halogens is 1. The van der Waals surface area contributed by atoms with Crippen molar-refractivity contribution in [1.82, 2.24) is 0 Å². The third-order valence-corrected chi connectivity index (χ3v) is 3.99. The minimum atomic E-state index is -0.548. The summed E-state index contributed by atoms with van der Waals surface area (Å²) >= 11 is 0. The van der Waals surface area contributed by atoms with Crippen molar-refractivity contribution in [1.29, 1.82) is 0 Å². The van der Waals surface area contributed by atoms with Gasteiger partial charge in [0.1, 0.15) is 11.6 Å². The topological polar surface area (TPSA) is 49.3 Å². The highest BCUT2D eigenvalue weighted by molar-refractivity contribution is 5.89. The fraction of sp³-hybridized carbons (Fsp3) is 0.0952. The number of aromatic hydroxyl groups is 1. The van der Waals surface area contributed by atoms with Gasteiger partial charge in [0.2, 0.25) is 5.91 Å². The average molecular weight is 335 g/mol. The van der Waals surface area contributed by atoms with Crippen molar-refractivity contribution in [3.05, 3.63) is 72.0 Å². The number of nitrogens with one attached hydrogen (secondary N) is 1. The summed E-state index contributed by atoms with van der Waals surface area (Å²) in [7, 11) is 0. The van der Waals surface area contributed by atoms with Gasteiger partial charge in [-0.25, -0.2) is 4.39 Å². The molecule has 0 aliphatic rings. The van der Waals surface area contributed by atoms with E-state index in [2.05, 4.69) is 5.32 Å². The van der Waals surface area contributed by atoms with E-state index in [4.69, 9.17) is 0 Å². The highest BCUT2D eigenvalue weighted by Gasteiger charge is 2.13. The Bertz CT molecular complexity index is 933. The molecule has 0 fully saturated rings. The second-order valence-electron chi connectivity index (χ2n) is 5.94. The summed E-state index contributed by atoms with van der Waals surface area (Å²) in [6, 6.07) is 17.7. The summed E-state index contributed by atoms with van der Waals surface area (Å²) in [6.07, 6.45) is 0.